The van der Waals surface area contributed by atoms with Gasteiger partial charge in [-0.3, -0.25) is 9.59 Å². The lowest BCUT2D eigenvalue weighted by Crippen LogP contribution is -2.11. The van der Waals surface area contributed by atoms with Crippen molar-refractivity contribution < 1.29 is 19.2 Å². The van der Waals surface area contributed by atoms with Crippen LogP contribution in [0.1, 0.15) is 91.5 Å². The summed E-state index contributed by atoms with van der Waals surface area (Å²) >= 11 is 0. The van der Waals surface area contributed by atoms with Crippen LogP contribution >= 0.6 is 0 Å². The molecule has 25 heavy (non-hydrogen) atoms. The molecule has 0 unspecified atom stereocenters. The topological polar surface area (TPSA) is 92.3 Å². The van der Waals surface area contributed by atoms with Crippen molar-refractivity contribution in [2.24, 2.45) is 0 Å². The summed E-state index contributed by atoms with van der Waals surface area (Å²) < 4.78 is 0. The molecule has 0 heterocycles. The van der Waals surface area contributed by atoms with Gasteiger partial charge in [0.1, 0.15) is 11.6 Å². The Morgan fingerprint density at radius 3 is 0.640 bits per heavy atom. The van der Waals surface area contributed by atoms with Gasteiger partial charge in [0.25, 0.3) is 0 Å². The number of rotatable bonds is 2. The SMILES string of the molecule is C.C.C.C.C.CCC(C)=O.CCC(C)=O.CNC(C)=O.CNC(C)=O. The van der Waals surface area contributed by atoms with Crippen LogP contribution in [0, 0.1) is 0 Å². The Hall–Kier alpha value is -1.72. The van der Waals surface area contributed by atoms with Crippen molar-refractivity contribution in [3.8, 4) is 0 Å². The first-order chi connectivity index (χ1) is 9.08. The minimum Gasteiger partial charge on any atom is -0.359 e. The zero-order valence-corrected chi connectivity index (χ0v) is 14.0. The lowest BCUT2D eigenvalue weighted by molar-refractivity contribution is -0.119. The van der Waals surface area contributed by atoms with Crippen LogP contribution in [0.3, 0.4) is 0 Å². The summed E-state index contributed by atoms with van der Waals surface area (Å²) in [6.07, 6.45) is 1.33. The second kappa shape index (κ2) is 49.5. The molecule has 160 valence electrons. The molecule has 0 rings (SSSR count). The molecular weight excluding hydrogens is 320 g/mol. The number of hydrogen-bond acceptors (Lipinski definition) is 4. The smallest absolute Gasteiger partial charge is 0.216 e. The quantitative estimate of drug-likeness (QED) is 0.739. The lowest BCUT2D eigenvalue weighted by atomic mass is 10.4. The molecule has 0 spiro atoms. The highest BCUT2D eigenvalue weighted by atomic mass is 16.2. The number of ketones is 2. The van der Waals surface area contributed by atoms with E-state index in [1.165, 1.54) is 13.8 Å². The van der Waals surface area contributed by atoms with Gasteiger partial charge in [0, 0.05) is 40.8 Å². The fourth-order valence-corrected chi connectivity index (χ4v) is 0. The zero-order valence-electron chi connectivity index (χ0n) is 14.0. The first-order valence-electron chi connectivity index (χ1n) is 6.44. The van der Waals surface area contributed by atoms with Crippen molar-refractivity contribution in [1.29, 1.82) is 0 Å². The molecule has 0 saturated carbocycles. The molecule has 0 bridgehead atoms. The van der Waals surface area contributed by atoms with Crippen LogP contribution in [0.5, 0.6) is 0 Å². The maximum Gasteiger partial charge on any atom is 0.216 e. The average Bonchev–Trinajstić information content (AvgIpc) is 2.40. The van der Waals surface area contributed by atoms with Gasteiger partial charge in [0.15, 0.2) is 0 Å². The molecule has 0 aromatic carbocycles. The molecule has 0 aromatic heterocycles. The fourth-order valence-electron chi connectivity index (χ4n) is 0. The molecule has 6 heteroatoms. The highest BCUT2D eigenvalue weighted by molar-refractivity contribution is 5.75. The fraction of sp³-hybridized carbons (Fsp3) is 0.789. The Morgan fingerprint density at radius 1 is 0.560 bits per heavy atom. The zero-order chi connectivity index (χ0) is 17.1. The highest BCUT2D eigenvalue weighted by Crippen LogP contribution is 1.72. The maximum absolute atomic E-state index is 9.81. The van der Waals surface area contributed by atoms with Crippen molar-refractivity contribution in [1.82, 2.24) is 10.6 Å². The molecule has 0 aliphatic heterocycles. The molecule has 0 atom stereocenters. The molecular formula is C19H50N2O4. The van der Waals surface area contributed by atoms with Crippen LogP contribution in [0.2, 0.25) is 0 Å². The van der Waals surface area contributed by atoms with E-state index in [2.05, 4.69) is 10.6 Å². The van der Waals surface area contributed by atoms with Crippen LogP contribution in [0.4, 0.5) is 0 Å². The van der Waals surface area contributed by atoms with Crippen molar-refractivity contribution in [2.75, 3.05) is 14.1 Å². The van der Waals surface area contributed by atoms with Crippen LogP contribution in [-0.4, -0.2) is 37.5 Å². The minimum absolute atomic E-state index is 0. The van der Waals surface area contributed by atoms with Crippen LogP contribution < -0.4 is 10.6 Å². The number of Topliss-reactive ketones (excluding diaryl/α,β-unsaturated/α-hetero) is 2. The van der Waals surface area contributed by atoms with Crippen LogP contribution in [0.25, 0.3) is 0 Å². The standard InChI is InChI=1S/2C4H8O.2C3H7NO.5CH4/c2*1-3-4(2)5;2*1-3(5)4-2;;;;;/h2*3H2,1-2H3;2*1-2H3,(H,4,5);5*1H4. The Labute approximate surface area is 159 Å². The first kappa shape index (κ1) is 56.7. The molecule has 2 amide bonds. The van der Waals surface area contributed by atoms with E-state index in [4.69, 9.17) is 0 Å². The van der Waals surface area contributed by atoms with E-state index in [0.717, 1.165) is 0 Å². The third-order valence-electron chi connectivity index (χ3n) is 1.70. The Bertz CT molecular complexity index is 223. The number of nitrogens with one attached hydrogen (secondary N) is 2. The Kier molecular flexibility index (Phi) is 112. The van der Waals surface area contributed by atoms with Gasteiger partial charge in [-0.2, -0.15) is 0 Å². The van der Waals surface area contributed by atoms with Crippen molar-refractivity contribution >= 4 is 23.4 Å². The van der Waals surface area contributed by atoms with E-state index < -0.39 is 0 Å². The summed E-state index contributed by atoms with van der Waals surface area (Å²) in [5, 5.41) is 4.78. The van der Waals surface area contributed by atoms with E-state index >= 15 is 0 Å². The van der Waals surface area contributed by atoms with Gasteiger partial charge >= 0.3 is 0 Å². The van der Waals surface area contributed by atoms with Gasteiger partial charge in [0.05, 0.1) is 0 Å². The normalized spacial score (nSPS) is 5.76. The maximum atomic E-state index is 9.81. The van der Waals surface area contributed by atoms with Crippen LogP contribution in [-0.2, 0) is 19.2 Å². The third-order valence-corrected chi connectivity index (χ3v) is 1.70. The summed E-state index contributed by atoms with van der Waals surface area (Å²) in [4.78, 5) is 39.0. The average molecular weight is 371 g/mol. The highest BCUT2D eigenvalue weighted by Gasteiger charge is 1.77. The summed E-state index contributed by atoms with van der Waals surface area (Å²) in [6, 6.07) is 0. The number of carbonyl (C=O) groups is 4. The van der Waals surface area contributed by atoms with Gasteiger partial charge < -0.3 is 20.2 Å². The predicted octanol–water partition coefficient (Wildman–Crippen LogP) is 4.66. The Balaban J connectivity index is -0.0000000183. The minimum atomic E-state index is 0. The van der Waals surface area contributed by atoms with E-state index in [1.807, 2.05) is 13.8 Å². The van der Waals surface area contributed by atoms with E-state index in [0.29, 0.717) is 12.8 Å². The first-order valence-corrected chi connectivity index (χ1v) is 6.44. The van der Waals surface area contributed by atoms with E-state index in [-0.39, 0.29) is 60.5 Å². The number of amides is 2. The van der Waals surface area contributed by atoms with E-state index in [1.54, 1.807) is 27.9 Å². The summed E-state index contributed by atoms with van der Waals surface area (Å²) in [5.41, 5.74) is 0. The number of carbonyl (C=O) groups excluding carboxylic acids is 4. The van der Waals surface area contributed by atoms with Crippen molar-refractivity contribution in [3.63, 3.8) is 0 Å². The van der Waals surface area contributed by atoms with E-state index in [9.17, 15) is 19.2 Å². The van der Waals surface area contributed by atoms with Crippen LogP contribution in [0.15, 0.2) is 0 Å². The van der Waals surface area contributed by atoms with Gasteiger partial charge in [0.2, 0.25) is 11.8 Å². The molecule has 6 nitrogen and oxygen atoms in total. The lowest BCUT2D eigenvalue weighted by Gasteiger charge is -1.80. The molecule has 0 fully saturated rings. The predicted molar refractivity (Wildman–Crippen MR) is 115 cm³/mol. The summed E-state index contributed by atoms with van der Waals surface area (Å²) in [6.45, 7) is 9.81. The van der Waals surface area contributed by atoms with Crippen molar-refractivity contribution in [2.45, 2.75) is 91.5 Å². The third kappa shape index (κ3) is 232. The van der Waals surface area contributed by atoms with Gasteiger partial charge in [-0.15, -0.1) is 0 Å². The molecule has 2 N–H and O–H groups in total. The second-order valence-corrected chi connectivity index (χ2v) is 3.72. The summed E-state index contributed by atoms with van der Waals surface area (Å²) in [7, 11) is 3.20. The second-order valence-electron chi connectivity index (χ2n) is 3.72. The monoisotopic (exact) mass is 370 g/mol. The molecule has 0 aromatic rings. The largest absolute Gasteiger partial charge is 0.359 e. The van der Waals surface area contributed by atoms with Gasteiger partial charge in [-0.25, -0.2) is 0 Å². The Morgan fingerprint density at radius 2 is 0.640 bits per heavy atom. The van der Waals surface area contributed by atoms with Gasteiger partial charge in [-0.1, -0.05) is 51.0 Å². The number of hydrogen-bond donors (Lipinski definition) is 2. The molecule has 0 aliphatic rings. The summed E-state index contributed by atoms with van der Waals surface area (Å²) in [5.74, 6) is 0.519. The molecule has 0 radical (unpaired) electrons. The molecule has 0 saturated heterocycles. The van der Waals surface area contributed by atoms with Crippen molar-refractivity contribution in [3.05, 3.63) is 0 Å². The van der Waals surface area contributed by atoms with Gasteiger partial charge in [-0.05, 0) is 13.8 Å². The molecule has 0 aliphatic carbocycles.